The van der Waals surface area contributed by atoms with E-state index in [1.165, 1.54) is 29.5 Å². The lowest BCUT2D eigenvalue weighted by Crippen LogP contribution is -2.30. The maximum Gasteiger partial charge on any atom is 0.119 e. The summed E-state index contributed by atoms with van der Waals surface area (Å²) in [7, 11) is 3.79. The molecule has 1 aliphatic rings. The molecule has 0 spiro atoms. The lowest BCUT2D eigenvalue weighted by molar-refractivity contribution is 0.412. The Bertz CT molecular complexity index is 617. The van der Waals surface area contributed by atoms with Crippen LogP contribution in [0.15, 0.2) is 48.5 Å². The van der Waals surface area contributed by atoms with Crippen LogP contribution in [0.25, 0.3) is 0 Å². The first-order valence-electron chi connectivity index (χ1n) is 7.58. The number of nitrogens with one attached hydrogen (secondary N) is 1. The van der Waals surface area contributed by atoms with Gasteiger partial charge in [-0.2, -0.15) is 0 Å². The third-order valence-corrected chi connectivity index (χ3v) is 4.77. The smallest absolute Gasteiger partial charge is 0.119 e. The summed E-state index contributed by atoms with van der Waals surface area (Å²) >= 11 is 0. The van der Waals surface area contributed by atoms with Gasteiger partial charge in [-0.15, -0.1) is 0 Å². The van der Waals surface area contributed by atoms with Gasteiger partial charge in [0.25, 0.3) is 0 Å². The van der Waals surface area contributed by atoms with Crippen molar-refractivity contribution in [2.45, 2.75) is 31.2 Å². The fraction of sp³-hybridized carbons (Fsp3) is 0.368. The van der Waals surface area contributed by atoms with E-state index < -0.39 is 0 Å². The summed E-state index contributed by atoms with van der Waals surface area (Å²) in [6.07, 6.45) is 2.49. The Labute approximate surface area is 127 Å². The molecule has 1 unspecified atom stereocenters. The van der Waals surface area contributed by atoms with Gasteiger partial charge in [0, 0.05) is 11.5 Å². The number of ether oxygens (including phenoxy) is 1. The molecule has 2 nitrogen and oxygen atoms in total. The molecule has 1 N–H and O–H groups in total. The minimum Gasteiger partial charge on any atom is -0.497 e. The topological polar surface area (TPSA) is 21.3 Å². The zero-order chi connectivity index (χ0) is 14.9. The van der Waals surface area contributed by atoms with Gasteiger partial charge >= 0.3 is 0 Å². The number of hydrogen-bond donors (Lipinski definition) is 1. The predicted molar refractivity (Wildman–Crippen MR) is 86.9 cm³/mol. The lowest BCUT2D eigenvalue weighted by atomic mass is 9.82. The van der Waals surface area contributed by atoms with Crippen LogP contribution in [0.5, 0.6) is 5.75 Å². The minimum atomic E-state index is 0.245. The van der Waals surface area contributed by atoms with Gasteiger partial charge in [0.1, 0.15) is 5.75 Å². The van der Waals surface area contributed by atoms with Crippen LogP contribution in [-0.4, -0.2) is 14.2 Å². The van der Waals surface area contributed by atoms with Crippen molar-refractivity contribution in [3.8, 4) is 5.75 Å². The van der Waals surface area contributed by atoms with Crippen molar-refractivity contribution in [3.63, 3.8) is 0 Å². The Balaban J connectivity index is 1.99. The highest BCUT2D eigenvalue weighted by Gasteiger charge is 2.50. The van der Waals surface area contributed by atoms with Crippen LogP contribution in [0.3, 0.4) is 0 Å². The normalized spacial score (nSPS) is 17.3. The Morgan fingerprint density at radius 3 is 2.33 bits per heavy atom. The van der Waals surface area contributed by atoms with Crippen LogP contribution >= 0.6 is 0 Å². The fourth-order valence-electron chi connectivity index (χ4n) is 3.48. The Hall–Kier alpha value is -1.80. The molecule has 0 saturated heterocycles. The zero-order valence-corrected chi connectivity index (χ0v) is 13.0. The second kappa shape index (κ2) is 5.53. The van der Waals surface area contributed by atoms with Gasteiger partial charge in [-0.1, -0.05) is 36.4 Å². The monoisotopic (exact) mass is 281 g/mol. The van der Waals surface area contributed by atoms with Crippen LogP contribution < -0.4 is 10.1 Å². The summed E-state index contributed by atoms with van der Waals surface area (Å²) in [5, 5.41) is 3.56. The molecule has 1 fully saturated rings. The number of benzene rings is 2. The second-order valence-corrected chi connectivity index (χ2v) is 5.97. The number of likely N-dealkylation sites (N-methyl/N-ethyl adjacent to an activating group) is 1. The van der Waals surface area contributed by atoms with Gasteiger partial charge in [0.2, 0.25) is 0 Å². The van der Waals surface area contributed by atoms with E-state index in [1.54, 1.807) is 7.11 Å². The average molecular weight is 281 g/mol. The highest BCUT2D eigenvalue weighted by atomic mass is 16.5. The van der Waals surface area contributed by atoms with E-state index in [1.807, 2.05) is 0 Å². The molecule has 110 valence electrons. The molecular weight excluding hydrogens is 258 g/mol. The molecule has 0 aromatic heterocycles. The summed E-state index contributed by atoms with van der Waals surface area (Å²) in [5.41, 5.74) is 4.35. The van der Waals surface area contributed by atoms with Crippen LogP contribution in [0, 0.1) is 6.92 Å². The molecule has 1 aliphatic carbocycles. The van der Waals surface area contributed by atoms with E-state index in [0.29, 0.717) is 6.04 Å². The van der Waals surface area contributed by atoms with Gasteiger partial charge < -0.3 is 10.1 Å². The molecule has 2 heteroatoms. The summed E-state index contributed by atoms with van der Waals surface area (Å²) in [6.45, 7) is 2.17. The SMILES string of the molecule is CNC(c1ccc(OC)cc1C)C1(c2ccccc2)CC1. The Kier molecular flexibility index (Phi) is 3.73. The third-order valence-electron chi connectivity index (χ3n) is 4.77. The van der Waals surface area contributed by atoms with E-state index in [2.05, 4.69) is 67.8 Å². The summed E-state index contributed by atoms with van der Waals surface area (Å²) < 4.78 is 5.33. The molecule has 0 aliphatic heterocycles. The molecule has 0 heterocycles. The van der Waals surface area contributed by atoms with Crippen molar-refractivity contribution < 1.29 is 4.74 Å². The Morgan fingerprint density at radius 1 is 1.10 bits per heavy atom. The molecule has 3 rings (SSSR count). The molecule has 21 heavy (non-hydrogen) atoms. The molecule has 0 amide bonds. The molecule has 2 aromatic rings. The van der Waals surface area contributed by atoms with Crippen LogP contribution in [0.4, 0.5) is 0 Å². The maximum absolute atomic E-state index is 5.33. The van der Waals surface area contributed by atoms with Crippen molar-refractivity contribution in [1.82, 2.24) is 5.32 Å². The average Bonchev–Trinajstić information content (AvgIpc) is 3.32. The summed E-state index contributed by atoms with van der Waals surface area (Å²) in [6, 6.07) is 17.6. The quantitative estimate of drug-likeness (QED) is 0.894. The first-order chi connectivity index (χ1) is 10.2. The molecular formula is C19H23NO. The lowest BCUT2D eigenvalue weighted by Gasteiger charge is -2.29. The van der Waals surface area contributed by atoms with Gasteiger partial charge in [-0.3, -0.25) is 0 Å². The first kappa shape index (κ1) is 14.2. The minimum absolute atomic E-state index is 0.245. The van der Waals surface area contributed by atoms with E-state index in [9.17, 15) is 0 Å². The van der Waals surface area contributed by atoms with E-state index in [0.717, 1.165) is 5.75 Å². The number of rotatable bonds is 5. The van der Waals surface area contributed by atoms with Crippen molar-refractivity contribution in [2.24, 2.45) is 0 Å². The van der Waals surface area contributed by atoms with Crippen molar-refractivity contribution in [2.75, 3.05) is 14.2 Å². The van der Waals surface area contributed by atoms with Gasteiger partial charge in [-0.25, -0.2) is 0 Å². The van der Waals surface area contributed by atoms with Crippen LogP contribution in [0.1, 0.15) is 35.6 Å². The van der Waals surface area contributed by atoms with Crippen molar-refractivity contribution in [1.29, 1.82) is 0 Å². The molecule has 2 aromatic carbocycles. The predicted octanol–water partition coefficient (Wildman–Crippen LogP) is 4.00. The fourth-order valence-corrected chi connectivity index (χ4v) is 3.48. The van der Waals surface area contributed by atoms with Gasteiger partial charge in [-0.05, 0) is 55.6 Å². The second-order valence-electron chi connectivity index (χ2n) is 5.97. The summed E-state index contributed by atoms with van der Waals surface area (Å²) in [5.74, 6) is 0.927. The first-order valence-corrected chi connectivity index (χ1v) is 7.58. The highest BCUT2D eigenvalue weighted by molar-refractivity contribution is 5.43. The number of aryl methyl sites for hydroxylation is 1. The van der Waals surface area contributed by atoms with Crippen molar-refractivity contribution in [3.05, 3.63) is 65.2 Å². The van der Waals surface area contributed by atoms with E-state index >= 15 is 0 Å². The Morgan fingerprint density at radius 2 is 1.81 bits per heavy atom. The van der Waals surface area contributed by atoms with E-state index in [-0.39, 0.29) is 5.41 Å². The number of hydrogen-bond acceptors (Lipinski definition) is 2. The summed E-state index contributed by atoms with van der Waals surface area (Å²) in [4.78, 5) is 0. The third kappa shape index (κ3) is 2.44. The molecule has 1 atom stereocenters. The molecule has 0 bridgehead atoms. The zero-order valence-electron chi connectivity index (χ0n) is 13.0. The van der Waals surface area contributed by atoms with Crippen LogP contribution in [0.2, 0.25) is 0 Å². The number of methoxy groups -OCH3 is 1. The van der Waals surface area contributed by atoms with E-state index in [4.69, 9.17) is 4.74 Å². The van der Waals surface area contributed by atoms with Crippen molar-refractivity contribution >= 4 is 0 Å². The molecule has 1 saturated carbocycles. The standard InChI is InChI=1S/C19H23NO/c1-14-13-16(21-3)9-10-17(14)18(20-2)19(11-12-19)15-7-5-4-6-8-15/h4-10,13,18,20H,11-12H2,1-3H3. The van der Waals surface area contributed by atoms with Gasteiger partial charge in [0.15, 0.2) is 0 Å². The highest BCUT2D eigenvalue weighted by Crippen LogP contribution is 2.56. The maximum atomic E-state index is 5.33. The van der Waals surface area contributed by atoms with Crippen LogP contribution in [-0.2, 0) is 5.41 Å². The largest absolute Gasteiger partial charge is 0.497 e. The van der Waals surface area contributed by atoms with Gasteiger partial charge in [0.05, 0.1) is 7.11 Å². The molecule has 0 radical (unpaired) electrons.